The summed E-state index contributed by atoms with van der Waals surface area (Å²) in [6.07, 6.45) is 3.30. The van der Waals surface area contributed by atoms with Crippen molar-refractivity contribution in [3.8, 4) is 0 Å². The van der Waals surface area contributed by atoms with Crippen molar-refractivity contribution in [2.45, 2.75) is 6.42 Å². The van der Waals surface area contributed by atoms with E-state index in [4.69, 9.17) is 5.73 Å². The van der Waals surface area contributed by atoms with E-state index in [1.54, 1.807) is 0 Å². The zero-order chi connectivity index (χ0) is 7.84. The fourth-order valence-electron chi connectivity index (χ4n) is 1.06. The van der Waals surface area contributed by atoms with Gasteiger partial charge in [0.15, 0.2) is 0 Å². The van der Waals surface area contributed by atoms with Crippen LogP contribution >= 0.6 is 0 Å². The predicted octanol–water partition coefficient (Wildman–Crippen LogP) is -0.172. The van der Waals surface area contributed by atoms with Gasteiger partial charge in [-0.1, -0.05) is 0 Å². The molecule has 1 aromatic rings. The molecule has 5 heteroatoms. The van der Waals surface area contributed by atoms with Crippen molar-refractivity contribution >= 4 is 17.9 Å². The molecule has 1 aromatic heterocycles. The lowest BCUT2D eigenvalue weighted by molar-refractivity contribution is -0.356. The number of aromatic nitrogens is 2. The highest BCUT2D eigenvalue weighted by Gasteiger charge is 2.20. The maximum atomic E-state index is 10.9. The number of nitrogens with two attached hydrogens (primary N) is 1. The van der Waals surface area contributed by atoms with Crippen molar-refractivity contribution in [2.24, 2.45) is 0 Å². The Balaban J connectivity index is 2.64. The van der Waals surface area contributed by atoms with Gasteiger partial charge in [-0.25, -0.2) is 4.74 Å². The van der Waals surface area contributed by atoms with Gasteiger partial charge in [0.05, 0.1) is 11.8 Å². The number of rotatable bonds is 0. The van der Waals surface area contributed by atoms with Crippen molar-refractivity contribution in [3.63, 3.8) is 0 Å². The van der Waals surface area contributed by atoms with Gasteiger partial charge in [0.2, 0.25) is 6.33 Å². The molecule has 1 aliphatic heterocycles. The van der Waals surface area contributed by atoms with Crippen LogP contribution in [-0.4, -0.2) is 20.9 Å². The second kappa shape index (κ2) is 1.91. The number of hydrogen-bond acceptors (Lipinski definition) is 4. The van der Waals surface area contributed by atoms with E-state index in [1.165, 1.54) is 12.5 Å². The summed E-state index contributed by atoms with van der Waals surface area (Å²) >= 11 is 0. The van der Waals surface area contributed by atoms with E-state index in [2.05, 4.69) is 9.97 Å². The Kier molecular flexibility index (Phi) is 1.06. The molecule has 2 heterocycles. The standard InChI is InChI=1S/C6H6N4O/c7-5-4-1-2-10(11)6(4)9-3-8-5/h2-3H,1H2,(H2,7,8,9). The van der Waals surface area contributed by atoms with Gasteiger partial charge in [-0.05, 0) is 4.98 Å². The molecular weight excluding hydrogens is 144 g/mol. The molecule has 0 aromatic carbocycles. The Hall–Kier alpha value is -1.65. The van der Waals surface area contributed by atoms with Crippen LogP contribution in [0.25, 0.3) is 0 Å². The molecule has 2 rings (SSSR count). The molecular formula is C6H6N4O. The highest BCUT2D eigenvalue weighted by molar-refractivity contribution is 5.69. The minimum atomic E-state index is 0.373. The van der Waals surface area contributed by atoms with Crippen LogP contribution in [0.2, 0.25) is 0 Å². The first-order valence-electron chi connectivity index (χ1n) is 3.18. The predicted molar refractivity (Wildman–Crippen MR) is 39.5 cm³/mol. The summed E-state index contributed by atoms with van der Waals surface area (Å²) in [4.78, 5) is 7.56. The topological polar surface area (TPSA) is 77.9 Å². The number of fused-ring (bicyclic) bond motifs is 1. The zero-order valence-electron chi connectivity index (χ0n) is 5.69. The summed E-state index contributed by atoms with van der Waals surface area (Å²) in [6, 6.07) is 0. The molecule has 0 aliphatic carbocycles. The van der Waals surface area contributed by atoms with Crippen LogP contribution in [0.3, 0.4) is 0 Å². The Labute approximate surface area is 62.8 Å². The van der Waals surface area contributed by atoms with Crippen LogP contribution in [0.5, 0.6) is 0 Å². The van der Waals surface area contributed by atoms with Crippen molar-refractivity contribution in [1.29, 1.82) is 0 Å². The first-order chi connectivity index (χ1) is 5.29. The van der Waals surface area contributed by atoms with E-state index in [9.17, 15) is 5.21 Å². The summed E-state index contributed by atoms with van der Waals surface area (Å²) in [6.45, 7) is 0. The molecule has 0 saturated carbocycles. The minimum absolute atomic E-state index is 0.373. The lowest BCUT2D eigenvalue weighted by Gasteiger charge is -2.00. The minimum Gasteiger partial charge on any atom is -0.711 e. The number of nitrogens with zero attached hydrogens (tertiary/aromatic N) is 3. The average Bonchev–Trinajstić information content (AvgIpc) is 2.35. The van der Waals surface area contributed by atoms with E-state index < -0.39 is 0 Å². The Morgan fingerprint density at radius 3 is 3.09 bits per heavy atom. The molecule has 0 amide bonds. The molecule has 0 unspecified atom stereocenters. The van der Waals surface area contributed by atoms with Crippen LogP contribution in [-0.2, 0) is 6.42 Å². The molecule has 0 spiro atoms. The van der Waals surface area contributed by atoms with E-state index >= 15 is 0 Å². The third-order valence-corrected chi connectivity index (χ3v) is 1.63. The SMILES string of the molecule is Nc1ncnc2c1CC=[N+]2[O-]. The van der Waals surface area contributed by atoms with Gasteiger partial charge in [0, 0.05) is 6.42 Å². The van der Waals surface area contributed by atoms with Gasteiger partial charge >= 0.3 is 5.82 Å². The summed E-state index contributed by atoms with van der Waals surface area (Å²) in [5, 5.41) is 10.9. The van der Waals surface area contributed by atoms with Crippen LogP contribution < -0.4 is 5.73 Å². The van der Waals surface area contributed by atoms with Crippen LogP contribution in [0.1, 0.15) is 5.56 Å². The average molecular weight is 150 g/mol. The first kappa shape index (κ1) is 6.09. The van der Waals surface area contributed by atoms with Crippen molar-refractivity contribution in [3.05, 3.63) is 17.1 Å². The normalized spacial score (nSPS) is 14.4. The number of nitrogen functional groups attached to an aromatic ring is 1. The second-order valence-electron chi connectivity index (χ2n) is 2.27. The van der Waals surface area contributed by atoms with Crippen LogP contribution in [0, 0.1) is 5.21 Å². The van der Waals surface area contributed by atoms with Gasteiger partial charge < -0.3 is 10.9 Å². The number of anilines is 1. The molecule has 5 nitrogen and oxygen atoms in total. The first-order valence-corrected chi connectivity index (χ1v) is 3.18. The molecule has 56 valence electrons. The van der Waals surface area contributed by atoms with E-state index in [1.807, 2.05) is 0 Å². The van der Waals surface area contributed by atoms with Crippen molar-refractivity contribution in [1.82, 2.24) is 9.97 Å². The highest BCUT2D eigenvalue weighted by Crippen LogP contribution is 2.22. The monoisotopic (exact) mass is 150 g/mol. The maximum absolute atomic E-state index is 10.9. The number of hydrogen-bond donors (Lipinski definition) is 1. The van der Waals surface area contributed by atoms with Gasteiger partial charge in [-0.2, -0.15) is 4.98 Å². The molecule has 0 bridgehead atoms. The highest BCUT2D eigenvalue weighted by atomic mass is 16.5. The van der Waals surface area contributed by atoms with Gasteiger partial charge in [-0.3, -0.25) is 0 Å². The largest absolute Gasteiger partial charge is 0.711 e. The molecule has 0 radical (unpaired) electrons. The third kappa shape index (κ3) is 0.739. The molecule has 0 saturated heterocycles. The van der Waals surface area contributed by atoms with E-state index in [-0.39, 0.29) is 0 Å². The quantitative estimate of drug-likeness (QED) is 0.411. The van der Waals surface area contributed by atoms with Gasteiger partial charge in [0.25, 0.3) is 0 Å². The summed E-state index contributed by atoms with van der Waals surface area (Å²) in [5.41, 5.74) is 6.22. The Morgan fingerprint density at radius 2 is 2.36 bits per heavy atom. The molecule has 0 atom stereocenters. The van der Waals surface area contributed by atoms with Crippen LogP contribution in [0.4, 0.5) is 11.6 Å². The van der Waals surface area contributed by atoms with Gasteiger partial charge in [-0.15, -0.1) is 0 Å². The lowest BCUT2D eigenvalue weighted by Crippen LogP contribution is -1.98. The molecule has 11 heavy (non-hydrogen) atoms. The zero-order valence-corrected chi connectivity index (χ0v) is 5.69. The second-order valence-corrected chi connectivity index (χ2v) is 2.27. The summed E-state index contributed by atoms with van der Waals surface area (Å²) < 4.78 is 0.716. The van der Waals surface area contributed by atoms with Crippen molar-refractivity contribution in [2.75, 3.05) is 5.73 Å². The van der Waals surface area contributed by atoms with Crippen molar-refractivity contribution < 1.29 is 4.74 Å². The van der Waals surface area contributed by atoms with Gasteiger partial charge in [0.1, 0.15) is 5.82 Å². The Bertz CT molecular complexity index is 333. The summed E-state index contributed by atoms with van der Waals surface area (Å²) in [5.74, 6) is 0.766. The lowest BCUT2D eigenvalue weighted by atomic mass is 10.2. The van der Waals surface area contributed by atoms with E-state index in [0.29, 0.717) is 22.8 Å². The molecule has 0 fully saturated rings. The summed E-state index contributed by atoms with van der Waals surface area (Å²) in [7, 11) is 0. The van der Waals surface area contributed by atoms with E-state index in [0.717, 1.165) is 5.56 Å². The smallest absolute Gasteiger partial charge is 0.335 e. The molecule has 2 N–H and O–H groups in total. The fourth-order valence-corrected chi connectivity index (χ4v) is 1.06. The third-order valence-electron chi connectivity index (χ3n) is 1.63. The Morgan fingerprint density at radius 1 is 1.55 bits per heavy atom. The fraction of sp³-hybridized carbons (Fsp3) is 0.167. The molecule has 1 aliphatic rings. The maximum Gasteiger partial charge on any atom is 0.335 e. The van der Waals surface area contributed by atoms with Crippen LogP contribution in [0.15, 0.2) is 6.33 Å².